The van der Waals surface area contributed by atoms with E-state index >= 15 is 0 Å². The topological polar surface area (TPSA) is 46.1 Å². The third-order valence-electron chi connectivity index (χ3n) is 2.65. The number of hydrogen-bond donors (Lipinski definition) is 0. The van der Waals surface area contributed by atoms with Crippen LogP contribution in [0.3, 0.4) is 0 Å². The SMILES string of the molecule is Cc1nnc(SCC(=O)N(c2ccccc2)C(C)C)s1. The van der Waals surface area contributed by atoms with Crippen LogP contribution in [0.2, 0.25) is 0 Å². The Bertz CT molecular complexity index is 569. The number of thioether (sulfide) groups is 1. The maximum atomic E-state index is 12.4. The van der Waals surface area contributed by atoms with Gasteiger partial charge in [-0.3, -0.25) is 4.79 Å². The number of hydrogen-bond acceptors (Lipinski definition) is 5. The monoisotopic (exact) mass is 307 g/mol. The average Bonchev–Trinajstić information content (AvgIpc) is 2.83. The third-order valence-corrected chi connectivity index (χ3v) is 4.60. The van der Waals surface area contributed by atoms with E-state index in [9.17, 15) is 4.79 Å². The Balaban J connectivity index is 2.04. The lowest BCUT2D eigenvalue weighted by Crippen LogP contribution is -2.38. The number of aromatic nitrogens is 2. The minimum atomic E-state index is 0.0871. The van der Waals surface area contributed by atoms with E-state index in [0.29, 0.717) is 5.75 Å². The second-order valence-electron chi connectivity index (χ2n) is 4.57. The lowest BCUT2D eigenvalue weighted by molar-refractivity contribution is -0.116. The maximum absolute atomic E-state index is 12.4. The van der Waals surface area contributed by atoms with E-state index in [1.165, 1.54) is 23.1 Å². The zero-order valence-corrected chi connectivity index (χ0v) is 13.4. The quantitative estimate of drug-likeness (QED) is 0.794. The van der Waals surface area contributed by atoms with E-state index in [1.54, 1.807) is 0 Å². The van der Waals surface area contributed by atoms with Crippen LogP contribution in [0.4, 0.5) is 5.69 Å². The number of anilines is 1. The zero-order chi connectivity index (χ0) is 14.5. The smallest absolute Gasteiger partial charge is 0.237 e. The van der Waals surface area contributed by atoms with Gasteiger partial charge in [-0.2, -0.15) is 0 Å². The number of carbonyl (C=O) groups excluding carboxylic acids is 1. The molecule has 4 nitrogen and oxygen atoms in total. The van der Waals surface area contributed by atoms with Crippen LogP contribution in [-0.2, 0) is 4.79 Å². The molecule has 0 fully saturated rings. The minimum absolute atomic E-state index is 0.0871. The molecule has 1 amide bonds. The van der Waals surface area contributed by atoms with Crippen molar-refractivity contribution >= 4 is 34.7 Å². The molecule has 0 N–H and O–H groups in total. The van der Waals surface area contributed by atoms with Gasteiger partial charge < -0.3 is 4.90 Å². The molecule has 2 aromatic rings. The molecule has 0 atom stereocenters. The molecule has 0 spiro atoms. The van der Waals surface area contributed by atoms with E-state index < -0.39 is 0 Å². The van der Waals surface area contributed by atoms with Gasteiger partial charge in [-0.15, -0.1) is 10.2 Å². The zero-order valence-electron chi connectivity index (χ0n) is 11.7. The number of rotatable bonds is 5. The van der Waals surface area contributed by atoms with Gasteiger partial charge in [0.05, 0.1) is 5.75 Å². The van der Waals surface area contributed by atoms with E-state index in [4.69, 9.17) is 0 Å². The van der Waals surface area contributed by atoms with Crippen molar-refractivity contribution in [2.75, 3.05) is 10.7 Å². The van der Waals surface area contributed by atoms with Crippen LogP contribution in [0, 0.1) is 6.92 Å². The van der Waals surface area contributed by atoms with Crippen LogP contribution < -0.4 is 4.90 Å². The Labute approximate surface area is 127 Å². The molecule has 0 aliphatic heterocycles. The van der Waals surface area contributed by atoms with E-state index in [0.717, 1.165) is 15.0 Å². The van der Waals surface area contributed by atoms with Gasteiger partial charge >= 0.3 is 0 Å². The largest absolute Gasteiger partial charge is 0.309 e. The molecule has 0 aliphatic rings. The van der Waals surface area contributed by atoms with E-state index in [2.05, 4.69) is 10.2 Å². The van der Waals surface area contributed by atoms with Crippen LogP contribution in [-0.4, -0.2) is 27.9 Å². The maximum Gasteiger partial charge on any atom is 0.237 e. The average molecular weight is 307 g/mol. The summed E-state index contributed by atoms with van der Waals surface area (Å²) in [5, 5.41) is 8.90. The van der Waals surface area contributed by atoms with Crippen molar-refractivity contribution in [1.29, 1.82) is 0 Å². The number of aryl methyl sites for hydroxylation is 1. The minimum Gasteiger partial charge on any atom is -0.309 e. The van der Waals surface area contributed by atoms with E-state index in [1.807, 2.05) is 56.0 Å². The first-order valence-electron chi connectivity index (χ1n) is 6.38. The highest BCUT2D eigenvalue weighted by Crippen LogP contribution is 2.24. The van der Waals surface area contributed by atoms with Gasteiger partial charge in [0.2, 0.25) is 5.91 Å². The number of nitrogens with zero attached hydrogens (tertiary/aromatic N) is 3. The van der Waals surface area contributed by atoms with Crippen LogP contribution in [0.5, 0.6) is 0 Å². The van der Waals surface area contributed by atoms with Crippen molar-refractivity contribution in [2.45, 2.75) is 31.2 Å². The molecule has 1 aromatic carbocycles. The summed E-state index contributed by atoms with van der Waals surface area (Å²) in [4.78, 5) is 14.2. The van der Waals surface area contributed by atoms with Gasteiger partial charge in [0, 0.05) is 11.7 Å². The normalized spacial score (nSPS) is 10.8. The number of benzene rings is 1. The Hall–Kier alpha value is -1.40. The first-order chi connectivity index (χ1) is 9.58. The fraction of sp³-hybridized carbons (Fsp3) is 0.357. The molecule has 0 radical (unpaired) electrons. The number of amides is 1. The molecule has 6 heteroatoms. The highest BCUT2D eigenvalue weighted by atomic mass is 32.2. The molecule has 106 valence electrons. The first kappa shape index (κ1) is 15.0. The third kappa shape index (κ3) is 3.80. The van der Waals surface area contributed by atoms with Crippen LogP contribution in [0.1, 0.15) is 18.9 Å². The van der Waals surface area contributed by atoms with Crippen molar-refractivity contribution in [3.8, 4) is 0 Å². The molecule has 1 aromatic heterocycles. The molecule has 2 rings (SSSR count). The van der Waals surface area contributed by atoms with Gasteiger partial charge in [0.25, 0.3) is 0 Å². The second-order valence-corrected chi connectivity index (χ2v) is 6.97. The summed E-state index contributed by atoms with van der Waals surface area (Å²) >= 11 is 2.96. The first-order valence-corrected chi connectivity index (χ1v) is 8.18. The molecule has 0 saturated carbocycles. The Morgan fingerprint density at radius 1 is 1.30 bits per heavy atom. The Morgan fingerprint density at radius 3 is 2.55 bits per heavy atom. The van der Waals surface area contributed by atoms with Gasteiger partial charge in [0.1, 0.15) is 5.01 Å². The van der Waals surface area contributed by atoms with Crippen molar-refractivity contribution in [2.24, 2.45) is 0 Å². The summed E-state index contributed by atoms with van der Waals surface area (Å²) in [6.45, 7) is 5.95. The molecule has 20 heavy (non-hydrogen) atoms. The fourth-order valence-corrected chi connectivity index (χ4v) is 3.52. The molecule has 0 bridgehead atoms. The lowest BCUT2D eigenvalue weighted by Gasteiger charge is -2.26. The summed E-state index contributed by atoms with van der Waals surface area (Å²) in [6, 6.07) is 9.88. The summed E-state index contributed by atoms with van der Waals surface area (Å²) in [5.74, 6) is 0.464. The van der Waals surface area contributed by atoms with Gasteiger partial charge in [-0.25, -0.2) is 0 Å². The molecule has 1 heterocycles. The highest BCUT2D eigenvalue weighted by Gasteiger charge is 2.19. The molecular weight excluding hydrogens is 290 g/mol. The molecular formula is C14H17N3OS2. The summed E-state index contributed by atoms with van der Waals surface area (Å²) < 4.78 is 0.840. The highest BCUT2D eigenvalue weighted by molar-refractivity contribution is 8.01. The predicted octanol–water partition coefficient (Wildman–Crippen LogP) is 3.38. The Kier molecular flexibility index (Phi) is 5.14. The van der Waals surface area contributed by atoms with E-state index in [-0.39, 0.29) is 11.9 Å². The predicted molar refractivity (Wildman–Crippen MR) is 84.4 cm³/mol. The number of para-hydroxylation sites is 1. The summed E-state index contributed by atoms with van der Waals surface area (Å²) in [7, 11) is 0. The molecule has 0 saturated heterocycles. The van der Waals surface area contributed by atoms with Gasteiger partial charge in [-0.05, 0) is 32.9 Å². The van der Waals surface area contributed by atoms with Crippen LogP contribution in [0.15, 0.2) is 34.7 Å². The van der Waals surface area contributed by atoms with Crippen LogP contribution >= 0.6 is 23.1 Å². The molecule has 0 unspecified atom stereocenters. The summed E-state index contributed by atoms with van der Waals surface area (Å²) in [6.07, 6.45) is 0. The standard InChI is InChI=1S/C14H17N3OS2/c1-10(2)17(12-7-5-4-6-8-12)13(18)9-19-14-16-15-11(3)20-14/h4-8,10H,9H2,1-3H3. The Morgan fingerprint density at radius 2 is 2.00 bits per heavy atom. The van der Waals surface area contributed by atoms with Gasteiger partial charge in [0.15, 0.2) is 4.34 Å². The lowest BCUT2D eigenvalue weighted by atomic mass is 10.2. The van der Waals surface area contributed by atoms with Crippen molar-refractivity contribution in [3.63, 3.8) is 0 Å². The van der Waals surface area contributed by atoms with Crippen molar-refractivity contribution < 1.29 is 4.79 Å². The second kappa shape index (κ2) is 6.85. The fourth-order valence-electron chi connectivity index (χ4n) is 1.85. The summed E-state index contributed by atoms with van der Waals surface area (Å²) in [5.41, 5.74) is 0.932. The van der Waals surface area contributed by atoms with Gasteiger partial charge in [-0.1, -0.05) is 41.3 Å². The number of carbonyl (C=O) groups is 1. The van der Waals surface area contributed by atoms with Crippen LogP contribution in [0.25, 0.3) is 0 Å². The molecule has 0 aliphatic carbocycles. The van der Waals surface area contributed by atoms with Crippen molar-refractivity contribution in [3.05, 3.63) is 35.3 Å². The van der Waals surface area contributed by atoms with Crippen molar-refractivity contribution in [1.82, 2.24) is 10.2 Å².